The standard InChI is InChI=1S/C18H15ClN4O3S/c1-26-14-5-3-2-4-13(14)21-18-22-16(19)15(27-18)10-20-23-12-8-6-11(7-9-12)17(24)25/h2-10,23H,1H3,(H,21,22)(H,24,25)/b20-10+. The molecular formula is C18H15ClN4O3S. The van der Waals surface area contributed by atoms with Crippen LogP contribution in [-0.4, -0.2) is 29.4 Å². The number of anilines is 3. The van der Waals surface area contributed by atoms with Gasteiger partial charge in [-0.3, -0.25) is 5.43 Å². The van der Waals surface area contributed by atoms with Crippen LogP contribution in [0.25, 0.3) is 0 Å². The average Bonchev–Trinajstić information content (AvgIpc) is 3.02. The number of methoxy groups -OCH3 is 1. The molecule has 9 heteroatoms. The van der Waals surface area contributed by atoms with Crippen molar-refractivity contribution in [2.75, 3.05) is 17.9 Å². The molecule has 0 saturated heterocycles. The summed E-state index contributed by atoms with van der Waals surface area (Å²) in [6.45, 7) is 0. The van der Waals surface area contributed by atoms with Crippen molar-refractivity contribution in [1.29, 1.82) is 0 Å². The molecule has 3 N–H and O–H groups in total. The largest absolute Gasteiger partial charge is 0.495 e. The number of hydrogen-bond donors (Lipinski definition) is 3. The number of carboxylic acids is 1. The number of benzene rings is 2. The molecule has 1 aromatic heterocycles. The summed E-state index contributed by atoms with van der Waals surface area (Å²) in [5.74, 6) is -0.276. The summed E-state index contributed by atoms with van der Waals surface area (Å²) in [7, 11) is 1.60. The third kappa shape index (κ3) is 4.75. The third-order valence-electron chi connectivity index (χ3n) is 3.47. The molecule has 0 radical (unpaired) electrons. The lowest BCUT2D eigenvalue weighted by Gasteiger charge is -2.07. The Hall–Kier alpha value is -3.10. The second-order valence-electron chi connectivity index (χ2n) is 5.25. The van der Waals surface area contributed by atoms with E-state index in [9.17, 15) is 4.79 Å². The number of aromatic nitrogens is 1. The van der Waals surface area contributed by atoms with E-state index in [4.69, 9.17) is 21.4 Å². The van der Waals surface area contributed by atoms with Crippen molar-refractivity contribution < 1.29 is 14.6 Å². The molecule has 0 spiro atoms. The second kappa shape index (κ2) is 8.52. The van der Waals surface area contributed by atoms with Gasteiger partial charge in [0.25, 0.3) is 0 Å². The number of hydrazone groups is 1. The maximum Gasteiger partial charge on any atom is 0.335 e. The summed E-state index contributed by atoms with van der Waals surface area (Å²) in [4.78, 5) is 15.8. The number of ether oxygens (including phenoxy) is 1. The van der Waals surface area contributed by atoms with Crippen molar-refractivity contribution in [2.24, 2.45) is 5.10 Å². The van der Waals surface area contributed by atoms with Gasteiger partial charge in [0, 0.05) is 0 Å². The van der Waals surface area contributed by atoms with Crippen LogP contribution in [0.15, 0.2) is 53.6 Å². The summed E-state index contributed by atoms with van der Waals surface area (Å²) in [5.41, 5.74) is 4.47. The molecule has 0 atom stereocenters. The third-order valence-corrected chi connectivity index (χ3v) is 4.77. The summed E-state index contributed by atoms with van der Waals surface area (Å²) in [5, 5.41) is 17.1. The van der Waals surface area contributed by atoms with E-state index in [0.29, 0.717) is 26.6 Å². The molecule has 0 aliphatic heterocycles. The minimum atomic E-state index is -0.975. The molecule has 1 heterocycles. The number of nitrogens with one attached hydrogen (secondary N) is 2. The number of carboxylic acid groups (broad SMARTS) is 1. The maximum atomic E-state index is 10.8. The molecule has 0 unspecified atom stereocenters. The zero-order chi connectivity index (χ0) is 19.2. The monoisotopic (exact) mass is 402 g/mol. The predicted molar refractivity (Wildman–Crippen MR) is 108 cm³/mol. The number of hydrogen-bond acceptors (Lipinski definition) is 7. The highest BCUT2D eigenvalue weighted by Gasteiger charge is 2.10. The van der Waals surface area contributed by atoms with Gasteiger partial charge in [-0.15, -0.1) is 0 Å². The first-order valence-corrected chi connectivity index (χ1v) is 8.95. The fourth-order valence-electron chi connectivity index (χ4n) is 2.16. The molecular weight excluding hydrogens is 388 g/mol. The summed E-state index contributed by atoms with van der Waals surface area (Å²) in [6, 6.07) is 13.7. The SMILES string of the molecule is COc1ccccc1Nc1nc(Cl)c(/C=N/Nc2ccc(C(=O)O)cc2)s1. The van der Waals surface area contributed by atoms with E-state index in [1.54, 1.807) is 25.5 Å². The number of nitrogens with zero attached hydrogens (tertiary/aromatic N) is 2. The van der Waals surface area contributed by atoms with Crippen LogP contribution in [-0.2, 0) is 0 Å². The minimum absolute atomic E-state index is 0.210. The van der Waals surface area contributed by atoms with Gasteiger partial charge in [-0.25, -0.2) is 9.78 Å². The van der Waals surface area contributed by atoms with Crippen molar-refractivity contribution >= 4 is 51.6 Å². The van der Waals surface area contributed by atoms with Crippen LogP contribution in [0.1, 0.15) is 15.2 Å². The lowest BCUT2D eigenvalue weighted by atomic mass is 10.2. The van der Waals surface area contributed by atoms with E-state index in [1.165, 1.54) is 23.5 Å². The zero-order valence-electron chi connectivity index (χ0n) is 14.1. The van der Waals surface area contributed by atoms with E-state index >= 15 is 0 Å². The van der Waals surface area contributed by atoms with Crippen LogP contribution < -0.4 is 15.5 Å². The number of carbonyl (C=O) groups is 1. The summed E-state index contributed by atoms with van der Waals surface area (Å²) in [6.07, 6.45) is 1.55. The summed E-state index contributed by atoms with van der Waals surface area (Å²) < 4.78 is 5.30. The van der Waals surface area contributed by atoms with E-state index in [1.807, 2.05) is 24.3 Å². The smallest absolute Gasteiger partial charge is 0.335 e. The predicted octanol–water partition coefficient (Wildman–Crippen LogP) is 4.69. The van der Waals surface area contributed by atoms with Crippen molar-refractivity contribution in [2.45, 2.75) is 0 Å². The normalized spacial score (nSPS) is 10.7. The van der Waals surface area contributed by atoms with Gasteiger partial charge in [-0.2, -0.15) is 5.10 Å². The van der Waals surface area contributed by atoms with Crippen molar-refractivity contribution in [1.82, 2.24) is 4.98 Å². The van der Waals surface area contributed by atoms with Gasteiger partial charge in [0.05, 0.1) is 35.1 Å². The number of para-hydroxylation sites is 2. The Balaban J connectivity index is 1.67. The summed E-state index contributed by atoms with van der Waals surface area (Å²) >= 11 is 7.50. The Bertz CT molecular complexity index is 973. The Labute approximate surface area is 164 Å². The van der Waals surface area contributed by atoms with Gasteiger partial charge >= 0.3 is 5.97 Å². The minimum Gasteiger partial charge on any atom is -0.495 e. The number of halogens is 1. The highest BCUT2D eigenvalue weighted by atomic mass is 35.5. The number of aromatic carboxylic acids is 1. The van der Waals surface area contributed by atoms with E-state index in [2.05, 4.69) is 20.8 Å². The topological polar surface area (TPSA) is 95.8 Å². The maximum absolute atomic E-state index is 10.8. The highest BCUT2D eigenvalue weighted by molar-refractivity contribution is 7.17. The fourth-order valence-corrected chi connectivity index (χ4v) is 3.20. The van der Waals surface area contributed by atoms with E-state index < -0.39 is 5.97 Å². The van der Waals surface area contributed by atoms with Gasteiger partial charge in [0.1, 0.15) is 5.75 Å². The van der Waals surface area contributed by atoms with Crippen LogP contribution in [0.4, 0.5) is 16.5 Å². The lowest BCUT2D eigenvalue weighted by Crippen LogP contribution is -1.96. The molecule has 0 saturated carbocycles. The van der Waals surface area contributed by atoms with Gasteiger partial charge in [0.2, 0.25) is 0 Å². The molecule has 2 aromatic carbocycles. The molecule has 0 aliphatic carbocycles. The Morgan fingerprint density at radius 2 is 2.00 bits per heavy atom. The van der Waals surface area contributed by atoms with Crippen LogP contribution in [0, 0.1) is 0 Å². The molecule has 7 nitrogen and oxygen atoms in total. The van der Waals surface area contributed by atoms with Crippen LogP contribution >= 0.6 is 22.9 Å². The molecule has 0 aliphatic rings. The fraction of sp³-hybridized carbons (Fsp3) is 0.0556. The van der Waals surface area contributed by atoms with E-state index in [-0.39, 0.29) is 5.56 Å². The first-order valence-electron chi connectivity index (χ1n) is 7.75. The van der Waals surface area contributed by atoms with E-state index in [0.717, 1.165) is 5.69 Å². The van der Waals surface area contributed by atoms with Gasteiger partial charge in [0.15, 0.2) is 10.3 Å². The number of thiazole rings is 1. The molecule has 0 fully saturated rings. The van der Waals surface area contributed by atoms with Gasteiger partial charge in [-0.05, 0) is 36.4 Å². The van der Waals surface area contributed by atoms with Crippen LogP contribution in [0.2, 0.25) is 5.15 Å². The molecule has 3 rings (SSSR count). The number of rotatable bonds is 7. The van der Waals surface area contributed by atoms with Gasteiger partial charge < -0.3 is 15.2 Å². The first-order chi connectivity index (χ1) is 13.1. The van der Waals surface area contributed by atoms with Crippen LogP contribution in [0.5, 0.6) is 5.75 Å². The van der Waals surface area contributed by atoms with Crippen molar-refractivity contribution in [3.05, 3.63) is 64.1 Å². The Kier molecular flexibility index (Phi) is 5.90. The molecule has 27 heavy (non-hydrogen) atoms. The Morgan fingerprint density at radius 3 is 2.70 bits per heavy atom. The van der Waals surface area contributed by atoms with Crippen LogP contribution in [0.3, 0.4) is 0 Å². The molecule has 0 amide bonds. The Morgan fingerprint density at radius 1 is 1.26 bits per heavy atom. The quantitative estimate of drug-likeness (QED) is 0.392. The zero-order valence-corrected chi connectivity index (χ0v) is 15.7. The molecule has 3 aromatic rings. The average molecular weight is 403 g/mol. The van der Waals surface area contributed by atoms with Crippen molar-refractivity contribution in [3.8, 4) is 5.75 Å². The lowest BCUT2D eigenvalue weighted by molar-refractivity contribution is 0.0697. The second-order valence-corrected chi connectivity index (χ2v) is 6.64. The van der Waals surface area contributed by atoms with Gasteiger partial charge in [-0.1, -0.05) is 35.1 Å². The van der Waals surface area contributed by atoms with Crippen molar-refractivity contribution in [3.63, 3.8) is 0 Å². The molecule has 0 bridgehead atoms. The molecule has 138 valence electrons. The highest BCUT2D eigenvalue weighted by Crippen LogP contribution is 2.31. The first kappa shape index (κ1) is 18.7.